The second kappa shape index (κ2) is 4.44. The second-order valence-electron chi connectivity index (χ2n) is 4.68. The van der Waals surface area contributed by atoms with Gasteiger partial charge in [-0.15, -0.1) is 0 Å². The molecule has 2 rings (SSSR count). The van der Waals surface area contributed by atoms with E-state index in [1.165, 1.54) is 41.2 Å². The van der Waals surface area contributed by atoms with Crippen molar-refractivity contribution in [3.05, 3.63) is 42.0 Å². The third kappa shape index (κ3) is 2.66. The Balaban J connectivity index is 2.07. The Morgan fingerprint density at radius 2 is 1.80 bits per heavy atom. The van der Waals surface area contributed by atoms with Crippen molar-refractivity contribution in [2.24, 2.45) is 0 Å². The molecule has 0 atom stereocenters. The maximum absolute atomic E-state index is 3.78. The van der Waals surface area contributed by atoms with Crippen LogP contribution in [0.5, 0.6) is 0 Å². The molecule has 0 amide bonds. The predicted octanol–water partition coefficient (Wildman–Crippen LogP) is 4.06. The molecular formula is C14H20S. The Bertz CT molecular complexity index is 331. The smallest absolute Gasteiger partial charge is 0.00227 e. The number of benzene rings is 1. The van der Waals surface area contributed by atoms with Crippen molar-refractivity contribution in [3.63, 3.8) is 0 Å². The molecule has 0 spiro atoms. The molecule has 0 aliphatic carbocycles. The van der Waals surface area contributed by atoms with Crippen LogP contribution in [-0.2, 0) is 5.75 Å². The van der Waals surface area contributed by atoms with Gasteiger partial charge in [-0.25, -0.2) is 10.0 Å². The first-order valence-electron chi connectivity index (χ1n) is 5.65. The van der Waals surface area contributed by atoms with Crippen LogP contribution in [0.2, 0.25) is 0 Å². The normalized spacial score (nSPS) is 21.1. The van der Waals surface area contributed by atoms with Crippen molar-refractivity contribution in [2.75, 3.05) is 17.8 Å². The van der Waals surface area contributed by atoms with Crippen LogP contribution >= 0.6 is 10.0 Å². The topological polar surface area (TPSA) is 0 Å². The highest BCUT2D eigenvalue weighted by Gasteiger charge is 2.23. The van der Waals surface area contributed by atoms with E-state index in [2.05, 4.69) is 37.1 Å². The van der Waals surface area contributed by atoms with Gasteiger partial charge in [-0.3, -0.25) is 0 Å². The molecule has 0 unspecified atom stereocenters. The summed E-state index contributed by atoms with van der Waals surface area (Å²) < 4.78 is 0. The lowest BCUT2D eigenvalue weighted by molar-refractivity contribution is 0.949. The highest BCUT2D eigenvalue weighted by molar-refractivity contribution is 8.32. The second-order valence-corrected chi connectivity index (χ2v) is 8.75. The Morgan fingerprint density at radius 1 is 1.20 bits per heavy atom. The zero-order valence-electron chi connectivity index (χ0n) is 9.54. The summed E-state index contributed by atoms with van der Waals surface area (Å²) in [5.41, 5.74) is 2.74. The van der Waals surface area contributed by atoms with E-state index in [1.807, 2.05) is 6.08 Å². The molecule has 0 bridgehead atoms. The quantitative estimate of drug-likeness (QED) is 0.720. The molecule has 1 fully saturated rings. The molecule has 1 aliphatic heterocycles. The third-order valence-electron chi connectivity index (χ3n) is 3.25. The van der Waals surface area contributed by atoms with E-state index in [1.54, 1.807) is 0 Å². The fraction of sp³-hybridized carbons (Fsp3) is 0.429. The van der Waals surface area contributed by atoms with Crippen LogP contribution in [0.3, 0.4) is 0 Å². The van der Waals surface area contributed by atoms with Crippen molar-refractivity contribution in [2.45, 2.75) is 18.6 Å². The summed E-state index contributed by atoms with van der Waals surface area (Å²) in [5, 5.41) is 0. The lowest BCUT2D eigenvalue weighted by atomic mass is 10.1. The molecule has 0 N–H and O–H groups in total. The average molecular weight is 220 g/mol. The molecule has 1 saturated heterocycles. The highest BCUT2D eigenvalue weighted by atomic mass is 32.3. The zero-order valence-corrected chi connectivity index (χ0v) is 10.4. The minimum Gasteiger partial charge on any atom is -0.240 e. The summed E-state index contributed by atoms with van der Waals surface area (Å²) in [4.78, 5) is 0. The highest BCUT2D eigenvalue weighted by Crippen LogP contribution is 2.53. The van der Waals surface area contributed by atoms with E-state index in [0.717, 1.165) is 0 Å². The number of rotatable bonds is 3. The summed E-state index contributed by atoms with van der Waals surface area (Å²) in [6.45, 7) is 3.78. The van der Waals surface area contributed by atoms with Crippen LogP contribution in [-0.4, -0.2) is 17.8 Å². The Kier molecular flexibility index (Phi) is 3.20. The van der Waals surface area contributed by atoms with Gasteiger partial charge >= 0.3 is 0 Å². The van der Waals surface area contributed by atoms with Gasteiger partial charge in [-0.05, 0) is 41.7 Å². The van der Waals surface area contributed by atoms with Crippen LogP contribution in [0.4, 0.5) is 0 Å². The SMILES string of the molecule is C=Cc1ccc(CS2(C)CCCC2)cc1. The molecule has 0 nitrogen and oxygen atoms in total. The van der Waals surface area contributed by atoms with Gasteiger partial charge in [0.25, 0.3) is 0 Å². The summed E-state index contributed by atoms with van der Waals surface area (Å²) >= 11 is 0. The third-order valence-corrected chi connectivity index (χ3v) is 6.83. The average Bonchev–Trinajstić information content (AvgIpc) is 2.66. The maximum atomic E-state index is 3.78. The van der Waals surface area contributed by atoms with E-state index in [-0.39, 0.29) is 10.0 Å². The molecular weight excluding hydrogens is 200 g/mol. The summed E-state index contributed by atoms with van der Waals surface area (Å²) in [6.07, 6.45) is 7.34. The molecule has 1 aromatic rings. The molecule has 0 radical (unpaired) electrons. The van der Waals surface area contributed by atoms with Crippen LogP contribution in [0.1, 0.15) is 24.0 Å². The van der Waals surface area contributed by atoms with Gasteiger partial charge in [0.05, 0.1) is 0 Å². The zero-order chi connectivity index (χ0) is 10.7. The molecule has 1 aromatic carbocycles. The number of hydrogen-bond donors (Lipinski definition) is 0. The van der Waals surface area contributed by atoms with E-state index >= 15 is 0 Å². The van der Waals surface area contributed by atoms with Crippen molar-refractivity contribution in [3.8, 4) is 0 Å². The van der Waals surface area contributed by atoms with Gasteiger partial charge in [0.1, 0.15) is 0 Å². The van der Waals surface area contributed by atoms with Crippen molar-refractivity contribution in [1.29, 1.82) is 0 Å². The minimum atomic E-state index is -0.302. The summed E-state index contributed by atoms with van der Waals surface area (Å²) in [5.74, 6) is 4.29. The van der Waals surface area contributed by atoms with Gasteiger partial charge in [0.2, 0.25) is 0 Å². The van der Waals surface area contributed by atoms with E-state index in [0.29, 0.717) is 0 Å². The summed E-state index contributed by atoms with van der Waals surface area (Å²) in [7, 11) is -0.302. The Labute approximate surface area is 94.7 Å². The van der Waals surface area contributed by atoms with E-state index in [9.17, 15) is 0 Å². The van der Waals surface area contributed by atoms with Gasteiger partial charge < -0.3 is 0 Å². The first-order valence-corrected chi connectivity index (χ1v) is 8.19. The molecule has 1 heterocycles. The number of hydrogen-bond acceptors (Lipinski definition) is 0. The maximum Gasteiger partial charge on any atom is 0.00227 e. The molecule has 0 saturated carbocycles. The minimum absolute atomic E-state index is 0.302. The van der Waals surface area contributed by atoms with Crippen LogP contribution in [0.15, 0.2) is 30.8 Å². The van der Waals surface area contributed by atoms with Gasteiger partial charge in [0, 0.05) is 5.75 Å². The first kappa shape index (κ1) is 10.8. The fourth-order valence-electron chi connectivity index (χ4n) is 2.30. The molecule has 1 heteroatoms. The molecule has 1 aliphatic rings. The standard InChI is InChI=1S/C14H20S/c1-3-13-6-8-14(9-7-13)12-15(2)10-4-5-11-15/h3,6-9H,1,4-5,10-12H2,2H3. The largest absolute Gasteiger partial charge is 0.240 e. The van der Waals surface area contributed by atoms with Crippen LogP contribution in [0.25, 0.3) is 6.08 Å². The first-order chi connectivity index (χ1) is 7.22. The lowest BCUT2D eigenvalue weighted by Crippen LogP contribution is -2.03. The van der Waals surface area contributed by atoms with Crippen molar-refractivity contribution in [1.82, 2.24) is 0 Å². The van der Waals surface area contributed by atoms with Crippen molar-refractivity contribution >= 4 is 16.1 Å². The van der Waals surface area contributed by atoms with Gasteiger partial charge in [-0.1, -0.05) is 36.9 Å². The Hall–Kier alpha value is -0.690. The molecule has 82 valence electrons. The Morgan fingerprint density at radius 3 is 2.33 bits per heavy atom. The van der Waals surface area contributed by atoms with Gasteiger partial charge in [0.15, 0.2) is 0 Å². The van der Waals surface area contributed by atoms with Gasteiger partial charge in [-0.2, -0.15) is 0 Å². The molecule has 15 heavy (non-hydrogen) atoms. The van der Waals surface area contributed by atoms with Crippen LogP contribution < -0.4 is 0 Å². The lowest BCUT2D eigenvalue weighted by Gasteiger charge is -2.30. The van der Waals surface area contributed by atoms with E-state index in [4.69, 9.17) is 0 Å². The molecule has 0 aromatic heterocycles. The van der Waals surface area contributed by atoms with Crippen LogP contribution in [0, 0.1) is 0 Å². The predicted molar refractivity (Wildman–Crippen MR) is 72.7 cm³/mol. The van der Waals surface area contributed by atoms with E-state index < -0.39 is 0 Å². The van der Waals surface area contributed by atoms with Crippen molar-refractivity contribution < 1.29 is 0 Å². The monoisotopic (exact) mass is 220 g/mol. The summed E-state index contributed by atoms with van der Waals surface area (Å²) in [6, 6.07) is 8.90. The fourth-order valence-corrected chi connectivity index (χ4v) is 5.59.